The van der Waals surface area contributed by atoms with Crippen LogP contribution in [0.1, 0.15) is 18.4 Å². The lowest BCUT2D eigenvalue weighted by Gasteiger charge is -2.09. The topological polar surface area (TPSA) is 56.7 Å². The normalized spacial score (nSPS) is 11.3. The Hall–Kier alpha value is -1.62. The lowest BCUT2D eigenvalue weighted by molar-refractivity contribution is 0.628. The van der Waals surface area contributed by atoms with E-state index in [1.807, 2.05) is 31.3 Å². The molecule has 0 radical (unpaired) electrons. The van der Waals surface area contributed by atoms with Crippen molar-refractivity contribution in [1.82, 2.24) is 14.5 Å². The molecule has 120 valence electrons. The van der Waals surface area contributed by atoms with Crippen molar-refractivity contribution in [3.05, 3.63) is 46.1 Å². The number of imidazole rings is 1. The summed E-state index contributed by atoms with van der Waals surface area (Å²) in [6.45, 7) is 3.51. The van der Waals surface area contributed by atoms with Gasteiger partial charge in [0.15, 0.2) is 5.65 Å². The summed E-state index contributed by atoms with van der Waals surface area (Å²) in [6.07, 6.45) is 3.81. The van der Waals surface area contributed by atoms with E-state index < -0.39 is 0 Å². The van der Waals surface area contributed by atoms with E-state index in [1.54, 1.807) is 6.07 Å². The smallest absolute Gasteiger partial charge is 0.160 e. The van der Waals surface area contributed by atoms with Gasteiger partial charge in [-0.1, -0.05) is 23.2 Å². The number of pyridine rings is 1. The van der Waals surface area contributed by atoms with Gasteiger partial charge in [-0.15, -0.1) is 0 Å². The van der Waals surface area contributed by atoms with Crippen LogP contribution in [0.15, 0.2) is 30.5 Å². The average Bonchev–Trinajstić information content (AvgIpc) is 2.88. The number of rotatable bonds is 5. The first-order chi connectivity index (χ1) is 11.1. The summed E-state index contributed by atoms with van der Waals surface area (Å²) in [4.78, 5) is 9.32. The number of nitrogens with zero attached hydrogens (tertiary/aromatic N) is 3. The van der Waals surface area contributed by atoms with Crippen LogP contribution in [0.3, 0.4) is 0 Å². The Morgan fingerprint density at radius 3 is 2.70 bits per heavy atom. The largest absolute Gasteiger partial charge is 0.330 e. The van der Waals surface area contributed by atoms with Gasteiger partial charge in [0.2, 0.25) is 0 Å². The minimum Gasteiger partial charge on any atom is -0.330 e. The number of nitrogens with two attached hydrogens (primary N) is 1. The summed E-state index contributed by atoms with van der Waals surface area (Å²) in [5.74, 6) is 0.855. The predicted molar refractivity (Wildman–Crippen MR) is 96.0 cm³/mol. The second kappa shape index (κ2) is 6.87. The van der Waals surface area contributed by atoms with Crippen molar-refractivity contribution in [1.29, 1.82) is 0 Å². The molecule has 2 N–H and O–H groups in total. The Labute approximate surface area is 145 Å². The molecule has 0 atom stereocenters. The molecule has 6 heteroatoms. The Kier molecular flexibility index (Phi) is 4.85. The van der Waals surface area contributed by atoms with Crippen molar-refractivity contribution < 1.29 is 0 Å². The maximum Gasteiger partial charge on any atom is 0.160 e. The third-order valence-electron chi connectivity index (χ3n) is 3.74. The number of aromatic nitrogens is 3. The van der Waals surface area contributed by atoms with Gasteiger partial charge in [0.1, 0.15) is 11.3 Å². The molecule has 0 unspecified atom stereocenters. The molecule has 0 fully saturated rings. The molecule has 2 aromatic heterocycles. The van der Waals surface area contributed by atoms with Crippen molar-refractivity contribution >= 4 is 34.4 Å². The lowest BCUT2D eigenvalue weighted by atomic mass is 10.2. The monoisotopic (exact) mass is 348 g/mol. The third-order valence-corrected chi connectivity index (χ3v) is 4.47. The van der Waals surface area contributed by atoms with E-state index >= 15 is 0 Å². The van der Waals surface area contributed by atoms with Crippen LogP contribution in [-0.2, 0) is 6.54 Å². The van der Waals surface area contributed by atoms with Crippen molar-refractivity contribution in [2.75, 3.05) is 6.54 Å². The molecule has 0 aliphatic rings. The van der Waals surface area contributed by atoms with Crippen LogP contribution in [0.5, 0.6) is 0 Å². The number of halogens is 2. The van der Waals surface area contributed by atoms with Crippen LogP contribution >= 0.6 is 23.2 Å². The highest BCUT2D eigenvalue weighted by molar-refractivity contribution is 6.42. The summed E-state index contributed by atoms with van der Waals surface area (Å²) in [7, 11) is 0. The number of hydrogen-bond donors (Lipinski definition) is 1. The van der Waals surface area contributed by atoms with Crippen molar-refractivity contribution in [2.24, 2.45) is 5.73 Å². The number of benzene rings is 1. The Morgan fingerprint density at radius 1 is 1.13 bits per heavy atom. The summed E-state index contributed by atoms with van der Waals surface area (Å²) in [5.41, 5.74) is 9.41. The van der Waals surface area contributed by atoms with Crippen LogP contribution in [0.4, 0.5) is 0 Å². The summed E-state index contributed by atoms with van der Waals surface area (Å²) >= 11 is 12.2. The minimum absolute atomic E-state index is 0.522. The molecule has 1 aromatic carbocycles. The van der Waals surface area contributed by atoms with Crippen molar-refractivity contribution in [3.8, 4) is 11.4 Å². The summed E-state index contributed by atoms with van der Waals surface area (Å²) in [6, 6.07) is 7.61. The minimum atomic E-state index is 0.522. The van der Waals surface area contributed by atoms with E-state index in [-0.39, 0.29) is 0 Å². The summed E-state index contributed by atoms with van der Waals surface area (Å²) < 4.78 is 2.13. The summed E-state index contributed by atoms with van der Waals surface area (Å²) in [5, 5.41) is 1.06. The van der Waals surface area contributed by atoms with Crippen LogP contribution in [-0.4, -0.2) is 21.1 Å². The zero-order chi connectivity index (χ0) is 16.4. The third kappa shape index (κ3) is 3.34. The van der Waals surface area contributed by atoms with Crippen LogP contribution in [0.2, 0.25) is 10.0 Å². The molecule has 0 saturated carbocycles. The van der Waals surface area contributed by atoms with Crippen LogP contribution in [0, 0.1) is 6.92 Å². The van der Waals surface area contributed by atoms with Crippen LogP contribution < -0.4 is 5.73 Å². The second-order valence-corrected chi connectivity index (χ2v) is 6.38. The molecule has 0 bridgehead atoms. The maximum atomic E-state index is 6.17. The first-order valence-corrected chi connectivity index (χ1v) is 8.34. The molecule has 0 amide bonds. The molecule has 0 aliphatic carbocycles. The van der Waals surface area contributed by atoms with Gasteiger partial charge < -0.3 is 10.3 Å². The molecule has 3 aromatic rings. The molecular formula is C17H18Cl2N4. The zero-order valence-electron chi connectivity index (χ0n) is 12.9. The van der Waals surface area contributed by atoms with Gasteiger partial charge in [-0.3, -0.25) is 0 Å². The number of hydrogen-bond acceptors (Lipinski definition) is 3. The Balaban J connectivity index is 2.13. The van der Waals surface area contributed by atoms with E-state index in [4.69, 9.17) is 33.9 Å². The van der Waals surface area contributed by atoms with Gasteiger partial charge in [0.05, 0.1) is 10.0 Å². The Bertz CT molecular complexity index is 842. The predicted octanol–water partition coefficient (Wildman–Crippen LogP) is 4.45. The van der Waals surface area contributed by atoms with Gasteiger partial charge in [0, 0.05) is 18.3 Å². The highest BCUT2D eigenvalue weighted by Gasteiger charge is 2.14. The number of aryl methyl sites for hydroxylation is 2. The number of unbranched alkanes of at least 4 members (excludes halogenated alkanes) is 1. The van der Waals surface area contributed by atoms with Gasteiger partial charge in [-0.05, 0) is 56.1 Å². The van der Waals surface area contributed by atoms with E-state index in [0.717, 1.165) is 47.5 Å². The van der Waals surface area contributed by atoms with Gasteiger partial charge in [-0.2, -0.15) is 0 Å². The van der Waals surface area contributed by atoms with Crippen molar-refractivity contribution in [2.45, 2.75) is 26.3 Å². The van der Waals surface area contributed by atoms with Gasteiger partial charge in [0.25, 0.3) is 0 Å². The average molecular weight is 349 g/mol. The molecule has 2 heterocycles. The Morgan fingerprint density at radius 2 is 1.96 bits per heavy atom. The standard InChI is InChI=1S/C17H18Cl2N4/c1-11-8-15-17(21-10-11)23(7-3-2-6-20)16(22-15)12-4-5-13(18)14(19)9-12/h4-5,8-10H,2-3,6-7,20H2,1H3. The molecule has 23 heavy (non-hydrogen) atoms. The fraction of sp³-hybridized carbons (Fsp3) is 0.294. The van der Waals surface area contributed by atoms with E-state index in [9.17, 15) is 0 Å². The number of fused-ring (bicyclic) bond motifs is 1. The zero-order valence-corrected chi connectivity index (χ0v) is 14.4. The van der Waals surface area contributed by atoms with E-state index in [0.29, 0.717) is 16.6 Å². The molecule has 0 aliphatic heterocycles. The lowest BCUT2D eigenvalue weighted by Crippen LogP contribution is -2.05. The quantitative estimate of drug-likeness (QED) is 0.692. The van der Waals surface area contributed by atoms with Crippen molar-refractivity contribution in [3.63, 3.8) is 0 Å². The molecule has 0 saturated heterocycles. The molecule has 0 spiro atoms. The second-order valence-electron chi connectivity index (χ2n) is 5.57. The maximum absolute atomic E-state index is 6.17. The first-order valence-electron chi connectivity index (χ1n) is 7.58. The highest BCUT2D eigenvalue weighted by atomic mass is 35.5. The van der Waals surface area contributed by atoms with E-state index in [2.05, 4.69) is 9.55 Å². The fourth-order valence-electron chi connectivity index (χ4n) is 2.59. The van der Waals surface area contributed by atoms with Gasteiger partial charge >= 0.3 is 0 Å². The van der Waals surface area contributed by atoms with Crippen LogP contribution in [0.25, 0.3) is 22.6 Å². The highest BCUT2D eigenvalue weighted by Crippen LogP contribution is 2.30. The first kappa shape index (κ1) is 16.2. The molecule has 3 rings (SSSR count). The van der Waals surface area contributed by atoms with Gasteiger partial charge in [-0.25, -0.2) is 9.97 Å². The SMILES string of the molecule is Cc1cnc2c(c1)nc(-c1ccc(Cl)c(Cl)c1)n2CCCCN. The molecule has 4 nitrogen and oxygen atoms in total. The fourth-order valence-corrected chi connectivity index (χ4v) is 2.89. The molecular weight excluding hydrogens is 331 g/mol. The van der Waals surface area contributed by atoms with E-state index in [1.165, 1.54) is 0 Å².